The maximum atomic E-state index is 12.3. The van der Waals surface area contributed by atoms with Crippen molar-refractivity contribution in [3.8, 4) is 5.88 Å². The van der Waals surface area contributed by atoms with Gasteiger partial charge in [-0.3, -0.25) is 4.79 Å². The fourth-order valence-electron chi connectivity index (χ4n) is 1.95. The van der Waals surface area contributed by atoms with Crippen LogP contribution in [0.15, 0.2) is 18.3 Å². The Labute approximate surface area is 108 Å². The fourth-order valence-corrected chi connectivity index (χ4v) is 1.95. The van der Waals surface area contributed by atoms with Gasteiger partial charge >= 0.3 is 6.18 Å². The molecule has 2 heterocycles. The van der Waals surface area contributed by atoms with Gasteiger partial charge in [-0.1, -0.05) is 0 Å². The highest BCUT2D eigenvalue weighted by Crippen LogP contribution is 2.29. The molecule has 1 saturated heterocycles. The summed E-state index contributed by atoms with van der Waals surface area (Å²) < 4.78 is 42.5. The molecule has 0 radical (unpaired) electrons. The van der Waals surface area contributed by atoms with E-state index in [2.05, 4.69) is 4.98 Å². The predicted octanol–water partition coefficient (Wildman–Crippen LogP) is 2.10. The zero-order valence-electron chi connectivity index (χ0n) is 10.1. The molecular formula is C12H13F3N2O2. The molecule has 1 aromatic heterocycles. The van der Waals surface area contributed by atoms with E-state index in [9.17, 15) is 18.0 Å². The molecule has 7 heteroatoms. The van der Waals surface area contributed by atoms with Crippen molar-refractivity contribution in [2.24, 2.45) is 0 Å². The van der Waals surface area contributed by atoms with Crippen molar-refractivity contribution in [2.45, 2.75) is 25.1 Å². The van der Waals surface area contributed by atoms with Crippen LogP contribution in [0.5, 0.6) is 5.88 Å². The van der Waals surface area contributed by atoms with E-state index in [0.29, 0.717) is 13.1 Å². The Hall–Kier alpha value is -1.79. The van der Waals surface area contributed by atoms with E-state index in [0.717, 1.165) is 31.5 Å². The number of halogens is 3. The number of nitrogens with zero attached hydrogens (tertiary/aromatic N) is 2. The van der Waals surface area contributed by atoms with Crippen molar-refractivity contribution in [1.82, 2.24) is 9.88 Å². The standard InChI is InChI=1S/C12H13F3N2O2/c13-12(14,15)9-3-4-11(16-6-9)19-10-2-1-5-17(7-10)8-18/h3-4,6,8,10H,1-2,5,7H2. The van der Waals surface area contributed by atoms with E-state index in [1.807, 2.05) is 0 Å². The van der Waals surface area contributed by atoms with Gasteiger partial charge in [-0.25, -0.2) is 4.98 Å². The van der Waals surface area contributed by atoms with Crippen LogP contribution in [-0.2, 0) is 11.0 Å². The summed E-state index contributed by atoms with van der Waals surface area (Å²) in [6, 6.07) is 2.13. The van der Waals surface area contributed by atoms with Gasteiger partial charge < -0.3 is 9.64 Å². The second-order valence-electron chi connectivity index (χ2n) is 4.37. The first-order valence-corrected chi connectivity index (χ1v) is 5.88. The highest BCUT2D eigenvalue weighted by atomic mass is 19.4. The Morgan fingerprint density at radius 1 is 1.42 bits per heavy atom. The molecule has 1 aliphatic heterocycles. The second kappa shape index (κ2) is 5.46. The molecule has 1 fully saturated rings. The highest BCUT2D eigenvalue weighted by molar-refractivity contribution is 5.47. The summed E-state index contributed by atoms with van der Waals surface area (Å²) in [5.74, 6) is 0.144. The number of ether oxygens (including phenoxy) is 1. The molecule has 0 aliphatic carbocycles. The molecule has 1 amide bonds. The van der Waals surface area contributed by atoms with Crippen molar-refractivity contribution in [3.05, 3.63) is 23.9 Å². The number of likely N-dealkylation sites (tertiary alicyclic amines) is 1. The minimum Gasteiger partial charge on any atom is -0.472 e. The molecule has 104 valence electrons. The van der Waals surface area contributed by atoms with Gasteiger partial charge in [0.25, 0.3) is 0 Å². The lowest BCUT2D eigenvalue weighted by atomic mass is 10.1. The first kappa shape index (κ1) is 13.6. The Morgan fingerprint density at radius 3 is 2.79 bits per heavy atom. The summed E-state index contributed by atoms with van der Waals surface area (Å²) in [4.78, 5) is 15.9. The third kappa shape index (κ3) is 3.59. The topological polar surface area (TPSA) is 42.4 Å². The number of pyridine rings is 1. The monoisotopic (exact) mass is 274 g/mol. The molecule has 19 heavy (non-hydrogen) atoms. The number of hydrogen-bond acceptors (Lipinski definition) is 3. The zero-order valence-corrected chi connectivity index (χ0v) is 10.1. The van der Waals surface area contributed by atoms with Crippen molar-refractivity contribution >= 4 is 6.41 Å². The van der Waals surface area contributed by atoms with E-state index in [1.165, 1.54) is 6.07 Å². The number of aromatic nitrogens is 1. The third-order valence-corrected chi connectivity index (χ3v) is 2.91. The van der Waals surface area contributed by atoms with Crippen LogP contribution in [0.2, 0.25) is 0 Å². The Morgan fingerprint density at radius 2 is 2.21 bits per heavy atom. The van der Waals surface area contributed by atoms with Crippen LogP contribution in [-0.4, -0.2) is 35.5 Å². The van der Waals surface area contributed by atoms with Crippen molar-refractivity contribution < 1.29 is 22.7 Å². The first-order chi connectivity index (χ1) is 8.99. The minimum absolute atomic E-state index is 0.144. The lowest BCUT2D eigenvalue weighted by Crippen LogP contribution is -2.40. The van der Waals surface area contributed by atoms with E-state index in [1.54, 1.807) is 4.90 Å². The Balaban J connectivity index is 1.98. The molecule has 4 nitrogen and oxygen atoms in total. The van der Waals surface area contributed by atoms with E-state index >= 15 is 0 Å². The number of carbonyl (C=O) groups excluding carboxylic acids is 1. The van der Waals surface area contributed by atoms with Crippen LogP contribution in [0.3, 0.4) is 0 Å². The molecule has 2 rings (SSSR count). The molecule has 0 N–H and O–H groups in total. The van der Waals surface area contributed by atoms with Gasteiger partial charge in [0.15, 0.2) is 0 Å². The number of hydrogen-bond donors (Lipinski definition) is 0. The van der Waals surface area contributed by atoms with Gasteiger partial charge in [-0.05, 0) is 18.9 Å². The van der Waals surface area contributed by atoms with Crippen LogP contribution in [0, 0.1) is 0 Å². The van der Waals surface area contributed by atoms with Gasteiger partial charge in [0.05, 0.1) is 12.1 Å². The fraction of sp³-hybridized carbons (Fsp3) is 0.500. The smallest absolute Gasteiger partial charge is 0.417 e. The molecule has 1 aromatic rings. The average Bonchev–Trinajstić information content (AvgIpc) is 2.38. The average molecular weight is 274 g/mol. The predicted molar refractivity (Wildman–Crippen MR) is 60.5 cm³/mol. The van der Waals surface area contributed by atoms with Crippen molar-refractivity contribution in [3.63, 3.8) is 0 Å². The summed E-state index contributed by atoms with van der Waals surface area (Å²) in [5, 5.41) is 0. The van der Waals surface area contributed by atoms with Crippen LogP contribution < -0.4 is 4.74 Å². The van der Waals surface area contributed by atoms with E-state index in [-0.39, 0.29) is 12.0 Å². The van der Waals surface area contributed by atoms with Crippen LogP contribution >= 0.6 is 0 Å². The van der Waals surface area contributed by atoms with Crippen LogP contribution in [0.4, 0.5) is 13.2 Å². The van der Waals surface area contributed by atoms with Crippen molar-refractivity contribution in [2.75, 3.05) is 13.1 Å². The zero-order chi connectivity index (χ0) is 13.9. The summed E-state index contributed by atoms with van der Waals surface area (Å²) in [6.07, 6.45) is -1.56. The van der Waals surface area contributed by atoms with Gasteiger partial charge in [-0.15, -0.1) is 0 Å². The molecule has 0 aromatic carbocycles. The third-order valence-electron chi connectivity index (χ3n) is 2.91. The lowest BCUT2D eigenvalue weighted by molar-refractivity contribution is -0.137. The Bertz CT molecular complexity index is 434. The van der Waals surface area contributed by atoms with Crippen LogP contribution in [0.1, 0.15) is 18.4 Å². The number of rotatable bonds is 3. The summed E-state index contributed by atoms with van der Waals surface area (Å²) in [6.45, 7) is 1.12. The second-order valence-corrected chi connectivity index (χ2v) is 4.37. The first-order valence-electron chi connectivity index (χ1n) is 5.88. The quantitative estimate of drug-likeness (QED) is 0.793. The molecule has 1 unspecified atom stereocenters. The largest absolute Gasteiger partial charge is 0.472 e. The van der Waals surface area contributed by atoms with Crippen LogP contribution in [0.25, 0.3) is 0 Å². The Kier molecular flexibility index (Phi) is 3.92. The SMILES string of the molecule is O=CN1CCCC(Oc2ccc(C(F)(F)F)cn2)C1. The molecule has 1 aliphatic rings. The lowest BCUT2D eigenvalue weighted by Gasteiger charge is -2.29. The number of alkyl halides is 3. The highest BCUT2D eigenvalue weighted by Gasteiger charge is 2.31. The molecule has 0 bridgehead atoms. The summed E-state index contributed by atoms with van der Waals surface area (Å²) in [5.41, 5.74) is -0.807. The molecule has 0 spiro atoms. The number of piperidine rings is 1. The minimum atomic E-state index is -4.40. The van der Waals surface area contributed by atoms with Gasteiger partial charge in [-0.2, -0.15) is 13.2 Å². The molecule has 0 saturated carbocycles. The maximum absolute atomic E-state index is 12.3. The normalized spacial score (nSPS) is 20.2. The summed E-state index contributed by atoms with van der Waals surface area (Å²) in [7, 11) is 0. The van der Waals surface area contributed by atoms with Gasteiger partial charge in [0.1, 0.15) is 6.10 Å². The molecular weight excluding hydrogens is 261 g/mol. The van der Waals surface area contributed by atoms with E-state index < -0.39 is 11.7 Å². The molecule has 1 atom stereocenters. The van der Waals surface area contributed by atoms with Gasteiger partial charge in [0, 0.05) is 18.8 Å². The summed E-state index contributed by atoms with van der Waals surface area (Å²) >= 11 is 0. The van der Waals surface area contributed by atoms with Gasteiger partial charge in [0.2, 0.25) is 12.3 Å². The number of amides is 1. The number of carbonyl (C=O) groups is 1. The van der Waals surface area contributed by atoms with E-state index in [4.69, 9.17) is 4.74 Å². The maximum Gasteiger partial charge on any atom is 0.417 e. The van der Waals surface area contributed by atoms with Crippen molar-refractivity contribution in [1.29, 1.82) is 0 Å².